The Kier molecular flexibility index (Phi) is 4.05. The minimum Gasteiger partial charge on any atom is -0.323 e. The van der Waals surface area contributed by atoms with Gasteiger partial charge >= 0.3 is 0 Å². The van der Waals surface area contributed by atoms with E-state index < -0.39 is 0 Å². The van der Waals surface area contributed by atoms with Gasteiger partial charge in [-0.3, -0.25) is 0 Å². The summed E-state index contributed by atoms with van der Waals surface area (Å²) < 4.78 is 2.37. The third-order valence-electron chi connectivity index (χ3n) is 3.91. The Balaban J connectivity index is 2.02. The molecule has 3 rings (SSSR count). The lowest BCUT2D eigenvalue weighted by atomic mass is 10.1. The molecule has 2 heteroatoms. The number of hydrogen-bond acceptors (Lipinski definition) is 1. The Bertz CT molecular complexity index is 740. The Morgan fingerprint density at radius 3 is 2.71 bits per heavy atom. The lowest BCUT2D eigenvalue weighted by Gasteiger charge is -2.10. The van der Waals surface area contributed by atoms with E-state index in [1.165, 1.54) is 35.3 Å². The minimum atomic E-state index is 0.904. The number of unbranched alkanes of at least 4 members (excludes halogenated alkanes) is 1. The van der Waals surface area contributed by atoms with E-state index in [0.29, 0.717) is 0 Å². The van der Waals surface area contributed by atoms with Crippen molar-refractivity contribution in [3.8, 4) is 0 Å². The highest BCUT2D eigenvalue weighted by molar-refractivity contribution is 5.76. The topological polar surface area (TPSA) is 17.8 Å². The predicted octanol–water partition coefficient (Wildman–Crippen LogP) is 4.74. The van der Waals surface area contributed by atoms with Gasteiger partial charge in [-0.05, 0) is 31.0 Å². The van der Waals surface area contributed by atoms with Crippen LogP contribution in [0.25, 0.3) is 11.0 Å². The molecule has 0 amide bonds. The van der Waals surface area contributed by atoms with Gasteiger partial charge in [-0.25, -0.2) is 4.98 Å². The summed E-state index contributed by atoms with van der Waals surface area (Å²) in [6.45, 7) is 5.28. The molecular weight excluding hydrogens is 256 g/mol. The summed E-state index contributed by atoms with van der Waals surface area (Å²) in [5, 5.41) is 0. The number of para-hydroxylation sites is 2. The molecule has 0 radical (unpaired) electrons. The number of fused-ring (bicyclic) bond motifs is 1. The van der Waals surface area contributed by atoms with E-state index in [4.69, 9.17) is 4.98 Å². The van der Waals surface area contributed by atoms with Crippen LogP contribution < -0.4 is 0 Å². The molecule has 0 saturated heterocycles. The van der Waals surface area contributed by atoms with Gasteiger partial charge in [0.15, 0.2) is 0 Å². The smallest absolute Gasteiger partial charge is 0.110 e. The standard InChI is InChI=1S/C19H22N2/c1-3-4-12-19-20-17-10-5-6-11-18(17)21(19)14-16-9-7-8-15(2)13-16/h5-11,13H,3-4,12,14H2,1-2H3. The van der Waals surface area contributed by atoms with Crippen molar-refractivity contribution in [3.05, 3.63) is 65.5 Å². The molecule has 0 N–H and O–H groups in total. The summed E-state index contributed by atoms with van der Waals surface area (Å²) in [5.74, 6) is 1.21. The van der Waals surface area contributed by atoms with Gasteiger partial charge in [-0.2, -0.15) is 0 Å². The van der Waals surface area contributed by atoms with Gasteiger partial charge in [-0.15, -0.1) is 0 Å². The van der Waals surface area contributed by atoms with Gasteiger partial charge in [0.2, 0.25) is 0 Å². The van der Waals surface area contributed by atoms with Crippen molar-refractivity contribution in [1.29, 1.82) is 0 Å². The quantitative estimate of drug-likeness (QED) is 0.659. The summed E-state index contributed by atoms with van der Waals surface area (Å²) in [5.41, 5.74) is 5.00. The highest BCUT2D eigenvalue weighted by Gasteiger charge is 2.10. The van der Waals surface area contributed by atoms with Crippen LogP contribution in [0.3, 0.4) is 0 Å². The molecule has 0 bridgehead atoms. The molecule has 3 aromatic rings. The number of benzene rings is 2. The van der Waals surface area contributed by atoms with E-state index in [1.54, 1.807) is 0 Å². The second-order valence-corrected chi connectivity index (χ2v) is 5.70. The molecule has 21 heavy (non-hydrogen) atoms. The van der Waals surface area contributed by atoms with Crippen molar-refractivity contribution in [2.75, 3.05) is 0 Å². The van der Waals surface area contributed by atoms with Crippen LogP contribution in [0.1, 0.15) is 36.7 Å². The molecule has 108 valence electrons. The van der Waals surface area contributed by atoms with Crippen LogP contribution in [0.4, 0.5) is 0 Å². The average Bonchev–Trinajstić information content (AvgIpc) is 2.83. The maximum Gasteiger partial charge on any atom is 0.110 e. The largest absolute Gasteiger partial charge is 0.323 e. The Morgan fingerprint density at radius 1 is 1.05 bits per heavy atom. The summed E-state index contributed by atoms with van der Waals surface area (Å²) in [6, 6.07) is 17.2. The first-order valence-electron chi connectivity index (χ1n) is 7.77. The summed E-state index contributed by atoms with van der Waals surface area (Å²) in [6.07, 6.45) is 3.45. The number of aryl methyl sites for hydroxylation is 2. The van der Waals surface area contributed by atoms with E-state index in [1.807, 2.05) is 0 Å². The zero-order valence-electron chi connectivity index (χ0n) is 12.8. The first-order valence-corrected chi connectivity index (χ1v) is 7.77. The molecular formula is C19H22N2. The first-order chi connectivity index (χ1) is 10.3. The van der Waals surface area contributed by atoms with Crippen molar-refractivity contribution in [2.24, 2.45) is 0 Å². The Labute approximate surface area is 126 Å². The third kappa shape index (κ3) is 2.99. The SMILES string of the molecule is CCCCc1nc2ccccc2n1Cc1cccc(C)c1. The van der Waals surface area contributed by atoms with Gasteiger partial charge in [0, 0.05) is 13.0 Å². The molecule has 2 aromatic carbocycles. The lowest BCUT2D eigenvalue weighted by Crippen LogP contribution is -2.05. The van der Waals surface area contributed by atoms with Gasteiger partial charge in [-0.1, -0.05) is 55.3 Å². The second kappa shape index (κ2) is 6.13. The number of nitrogens with zero attached hydrogens (tertiary/aromatic N) is 2. The van der Waals surface area contributed by atoms with E-state index in [9.17, 15) is 0 Å². The van der Waals surface area contributed by atoms with Gasteiger partial charge < -0.3 is 4.57 Å². The molecule has 0 spiro atoms. The molecule has 1 aromatic heterocycles. The van der Waals surface area contributed by atoms with Crippen LogP contribution in [0.2, 0.25) is 0 Å². The maximum atomic E-state index is 4.83. The molecule has 0 aliphatic carbocycles. The van der Waals surface area contributed by atoms with Gasteiger partial charge in [0.1, 0.15) is 5.82 Å². The molecule has 0 aliphatic heterocycles. The van der Waals surface area contributed by atoms with E-state index in [0.717, 1.165) is 18.5 Å². The maximum absolute atomic E-state index is 4.83. The van der Waals surface area contributed by atoms with Crippen molar-refractivity contribution >= 4 is 11.0 Å². The highest BCUT2D eigenvalue weighted by Crippen LogP contribution is 2.19. The monoisotopic (exact) mass is 278 g/mol. The van der Waals surface area contributed by atoms with Gasteiger partial charge in [0.05, 0.1) is 11.0 Å². The molecule has 0 unspecified atom stereocenters. The Morgan fingerprint density at radius 2 is 1.90 bits per heavy atom. The lowest BCUT2D eigenvalue weighted by molar-refractivity contribution is 0.690. The highest BCUT2D eigenvalue weighted by atomic mass is 15.1. The zero-order chi connectivity index (χ0) is 14.7. The molecule has 0 saturated carbocycles. The second-order valence-electron chi connectivity index (χ2n) is 5.70. The first kappa shape index (κ1) is 13.9. The van der Waals surface area contributed by atoms with Crippen LogP contribution in [-0.2, 0) is 13.0 Å². The van der Waals surface area contributed by atoms with Crippen LogP contribution >= 0.6 is 0 Å². The fraction of sp³-hybridized carbons (Fsp3) is 0.316. The summed E-state index contributed by atoms with van der Waals surface area (Å²) in [7, 11) is 0. The predicted molar refractivity (Wildman–Crippen MR) is 88.6 cm³/mol. The van der Waals surface area contributed by atoms with Crippen molar-refractivity contribution in [1.82, 2.24) is 9.55 Å². The van der Waals surface area contributed by atoms with Crippen LogP contribution in [0.5, 0.6) is 0 Å². The summed E-state index contributed by atoms with van der Waals surface area (Å²) >= 11 is 0. The van der Waals surface area contributed by atoms with Crippen LogP contribution in [0.15, 0.2) is 48.5 Å². The van der Waals surface area contributed by atoms with Crippen molar-refractivity contribution < 1.29 is 0 Å². The fourth-order valence-electron chi connectivity index (χ4n) is 2.82. The third-order valence-corrected chi connectivity index (χ3v) is 3.91. The zero-order valence-corrected chi connectivity index (χ0v) is 12.8. The van der Waals surface area contributed by atoms with Crippen LogP contribution in [0, 0.1) is 6.92 Å². The van der Waals surface area contributed by atoms with E-state index >= 15 is 0 Å². The van der Waals surface area contributed by atoms with Crippen molar-refractivity contribution in [3.63, 3.8) is 0 Å². The molecule has 2 nitrogen and oxygen atoms in total. The fourth-order valence-corrected chi connectivity index (χ4v) is 2.82. The number of aromatic nitrogens is 2. The normalized spacial score (nSPS) is 11.1. The van der Waals surface area contributed by atoms with Gasteiger partial charge in [0.25, 0.3) is 0 Å². The molecule has 0 atom stereocenters. The molecule has 1 heterocycles. The average molecular weight is 278 g/mol. The van der Waals surface area contributed by atoms with Crippen molar-refractivity contribution in [2.45, 2.75) is 39.7 Å². The Hall–Kier alpha value is -2.09. The number of imidazole rings is 1. The number of rotatable bonds is 5. The summed E-state index contributed by atoms with van der Waals surface area (Å²) in [4.78, 5) is 4.83. The van der Waals surface area contributed by atoms with Crippen LogP contribution in [-0.4, -0.2) is 9.55 Å². The van der Waals surface area contributed by atoms with E-state index in [-0.39, 0.29) is 0 Å². The number of hydrogen-bond donors (Lipinski definition) is 0. The van der Waals surface area contributed by atoms with E-state index in [2.05, 4.69) is 66.9 Å². The minimum absolute atomic E-state index is 0.904. The molecule has 0 fully saturated rings. The molecule has 0 aliphatic rings.